The van der Waals surface area contributed by atoms with Crippen LogP contribution in [-0.4, -0.2) is 29.9 Å². The van der Waals surface area contributed by atoms with Gasteiger partial charge >= 0.3 is 0 Å². The summed E-state index contributed by atoms with van der Waals surface area (Å²) < 4.78 is 11.1. The molecule has 0 spiro atoms. The molecule has 8 heteroatoms. The Kier molecular flexibility index (Phi) is 5.52. The van der Waals surface area contributed by atoms with Crippen LogP contribution in [0.2, 0.25) is 5.02 Å². The maximum atomic E-state index is 12.2. The smallest absolute Gasteiger partial charge is 0.236 e. The number of rotatable bonds is 5. The quantitative estimate of drug-likeness (QED) is 0.593. The molecule has 2 aromatic carbocycles. The van der Waals surface area contributed by atoms with E-state index in [1.54, 1.807) is 0 Å². The van der Waals surface area contributed by atoms with Gasteiger partial charge in [0.1, 0.15) is 13.2 Å². The molecule has 0 aliphatic carbocycles. The molecule has 4 rings (SSSR count). The van der Waals surface area contributed by atoms with E-state index in [0.29, 0.717) is 23.4 Å². The van der Waals surface area contributed by atoms with Crippen molar-refractivity contribution in [2.75, 3.05) is 24.3 Å². The molecule has 0 atom stereocenters. The van der Waals surface area contributed by atoms with Crippen molar-refractivity contribution < 1.29 is 14.3 Å². The number of benzene rings is 2. The second-order valence-electron chi connectivity index (χ2n) is 5.66. The normalized spacial score (nSPS) is 12.6. The first kappa shape index (κ1) is 18.2. The summed E-state index contributed by atoms with van der Waals surface area (Å²) in [5.74, 6) is 1.62. The zero-order valence-corrected chi connectivity index (χ0v) is 16.5. The molecule has 2 heterocycles. The van der Waals surface area contributed by atoms with Gasteiger partial charge in [-0.15, -0.1) is 23.1 Å². The summed E-state index contributed by atoms with van der Waals surface area (Å²) in [5, 5.41) is 5.90. The largest absolute Gasteiger partial charge is 0.486 e. The number of amides is 1. The van der Waals surface area contributed by atoms with E-state index in [-0.39, 0.29) is 11.7 Å². The van der Waals surface area contributed by atoms with Crippen LogP contribution in [0.1, 0.15) is 0 Å². The fourth-order valence-electron chi connectivity index (χ4n) is 2.54. The molecule has 1 N–H and O–H groups in total. The first-order chi connectivity index (χ1) is 13.2. The Morgan fingerprint density at radius 2 is 2.00 bits per heavy atom. The Labute approximate surface area is 169 Å². The number of halogens is 1. The van der Waals surface area contributed by atoms with Gasteiger partial charge in [-0.3, -0.25) is 4.79 Å². The molecule has 0 unspecified atom stereocenters. The number of nitrogens with one attached hydrogen (secondary N) is 1. The highest BCUT2D eigenvalue weighted by Crippen LogP contribution is 2.34. The molecule has 0 radical (unpaired) electrons. The molecule has 0 saturated carbocycles. The molecule has 27 heavy (non-hydrogen) atoms. The van der Waals surface area contributed by atoms with E-state index in [2.05, 4.69) is 10.3 Å². The molecule has 5 nitrogen and oxygen atoms in total. The van der Waals surface area contributed by atoms with E-state index in [1.165, 1.54) is 23.1 Å². The Morgan fingerprint density at radius 3 is 2.85 bits per heavy atom. The molecular weight excluding hydrogens is 404 g/mol. The van der Waals surface area contributed by atoms with Gasteiger partial charge in [-0.25, -0.2) is 4.98 Å². The maximum absolute atomic E-state index is 12.2. The minimum atomic E-state index is -0.116. The number of carbonyl (C=O) groups excluding carboxylic acids is 1. The summed E-state index contributed by atoms with van der Waals surface area (Å²) in [4.78, 5) is 17.6. The van der Waals surface area contributed by atoms with Gasteiger partial charge in [-0.1, -0.05) is 29.8 Å². The first-order valence-electron chi connectivity index (χ1n) is 8.22. The second-order valence-corrected chi connectivity index (χ2v) is 7.97. The number of aromatic nitrogens is 1. The van der Waals surface area contributed by atoms with Gasteiger partial charge in [0.2, 0.25) is 5.91 Å². The van der Waals surface area contributed by atoms with Crippen molar-refractivity contribution in [1.82, 2.24) is 4.98 Å². The number of hydrogen-bond acceptors (Lipinski definition) is 6. The van der Waals surface area contributed by atoms with Crippen molar-refractivity contribution in [3.05, 3.63) is 52.9 Å². The van der Waals surface area contributed by atoms with E-state index >= 15 is 0 Å². The summed E-state index contributed by atoms with van der Waals surface area (Å²) in [6.07, 6.45) is 0. The predicted octanol–water partition coefficient (Wildman–Crippen LogP) is 4.97. The van der Waals surface area contributed by atoms with E-state index in [1.807, 2.05) is 47.8 Å². The van der Waals surface area contributed by atoms with Crippen LogP contribution in [0.3, 0.4) is 0 Å². The third-order valence-electron chi connectivity index (χ3n) is 3.78. The van der Waals surface area contributed by atoms with Crippen molar-refractivity contribution in [3.8, 4) is 22.8 Å². The second kappa shape index (κ2) is 8.21. The number of carbonyl (C=O) groups is 1. The standard InChI is InChI=1S/C19H15ClN2O3S2/c20-14-4-2-1-3-13(14)15-10-27-19(21-15)22-18(23)11-26-12-5-6-16-17(9-12)25-8-7-24-16/h1-6,9-10H,7-8,11H2,(H,21,22,23). The van der Waals surface area contributed by atoms with E-state index in [0.717, 1.165) is 27.7 Å². The Hall–Kier alpha value is -2.22. The number of ether oxygens (including phenoxy) is 2. The van der Waals surface area contributed by atoms with E-state index in [9.17, 15) is 4.79 Å². The van der Waals surface area contributed by atoms with Crippen LogP contribution >= 0.6 is 34.7 Å². The summed E-state index contributed by atoms with van der Waals surface area (Å²) in [5.41, 5.74) is 1.60. The molecule has 0 bridgehead atoms. The molecule has 138 valence electrons. The Morgan fingerprint density at radius 1 is 1.19 bits per heavy atom. The van der Waals surface area contributed by atoms with Gasteiger partial charge in [0, 0.05) is 20.9 Å². The van der Waals surface area contributed by atoms with Crippen molar-refractivity contribution in [3.63, 3.8) is 0 Å². The van der Waals surface area contributed by atoms with Gasteiger partial charge < -0.3 is 14.8 Å². The van der Waals surface area contributed by atoms with Crippen molar-refractivity contribution >= 4 is 45.7 Å². The predicted molar refractivity (Wildman–Crippen MR) is 109 cm³/mol. The lowest BCUT2D eigenvalue weighted by molar-refractivity contribution is -0.113. The van der Waals surface area contributed by atoms with Gasteiger partial charge in [0.05, 0.1) is 11.4 Å². The first-order valence-corrected chi connectivity index (χ1v) is 10.5. The van der Waals surface area contributed by atoms with Crippen LogP contribution < -0.4 is 14.8 Å². The average molecular weight is 419 g/mol. The SMILES string of the molecule is O=C(CSc1ccc2c(c1)OCCO2)Nc1nc(-c2ccccc2Cl)cs1. The summed E-state index contributed by atoms with van der Waals surface area (Å²) in [6.45, 7) is 1.10. The summed E-state index contributed by atoms with van der Waals surface area (Å²) in [6, 6.07) is 13.2. The Bertz CT molecular complexity index is 977. The van der Waals surface area contributed by atoms with Crippen LogP contribution in [-0.2, 0) is 4.79 Å². The highest BCUT2D eigenvalue weighted by molar-refractivity contribution is 8.00. The lowest BCUT2D eigenvalue weighted by atomic mass is 10.2. The lowest BCUT2D eigenvalue weighted by Gasteiger charge is -2.18. The third kappa shape index (κ3) is 4.37. The number of fused-ring (bicyclic) bond motifs is 1. The van der Waals surface area contributed by atoms with E-state index < -0.39 is 0 Å². The van der Waals surface area contributed by atoms with Gasteiger partial charge in [0.25, 0.3) is 0 Å². The molecule has 1 aromatic heterocycles. The fourth-order valence-corrected chi connectivity index (χ4v) is 4.23. The molecule has 1 amide bonds. The molecule has 3 aromatic rings. The minimum Gasteiger partial charge on any atom is -0.486 e. The highest BCUT2D eigenvalue weighted by Gasteiger charge is 2.14. The number of anilines is 1. The fraction of sp³-hybridized carbons (Fsp3) is 0.158. The highest BCUT2D eigenvalue weighted by atomic mass is 35.5. The topological polar surface area (TPSA) is 60.5 Å². The summed E-state index contributed by atoms with van der Waals surface area (Å²) >= 11 is 9.01. The number of hydrogen-bond donors (Lipinski definition) is 1. The number of nitrogens with zero attached hydrogens (tertiary/aromatic N) is 1. The summed E-state index contributed by atoms with van der Waals surface area (Å²) in [7, 11) is 0. The van der Waals surface area contributed by atoms with Gasteiger partial charge in [-0.05, 0) is 24.3 Å². The van der Waals surface area contributed by atoms with E-state index in [4.69, 9.17) is 21.1 Å². The maximum Gasteiger partial charge on any atom is 0.236 e. The molecule has 0 fully saturated rings. The van der Waals surface area contributed by atoms with Gasteiger partial charge in [-0.2, -0.15) is 0 Å². The van der Waals surface area contributed by atoms with Crippen molar-refractivity contribution in [1.29, 1.82) is 0 Å². The lowest BCUT2D eigenvalue weighted by Crippen LogP contribution is -2.15. The molecule has 1 aliphatic rings. The zero-order chi connectivity index (χ0) is 18.6. The van der Waals surface area contributed by atoms with Gasteiger partial charge in [0.15, 0.2) is 16.6 Å². The number of thiazole rings is 1. The van der Waals surface area contributed by atoms with Crippen molar-refractivity contribution in [2.45, 2.75) is 4.90 Å². The van der Waals surface area contributed by atoms with Crippen LogP contribution in [0, 0.1) is 0 Å². The minimum absolute atomic E-state index is 0.116. The monoisotopic (exact) mass is 418 g/mol. The molecular formula is C19H15ClN2O3S2. The molecule has 0 saturated heterocycles. The van der Waals surface area contributed by atoms with Crippen LogP contribution in [0.5, 0.6) is 11.5 Å². The average Bonchev–Trinajstić information content (AvgIpc) is 3.14. The van der Waals surface area contributed by atoms with Crippen LogP contribution in [0.4, 0.5) is 5.13 Å². The zero-order valence-electron chi connectivity index (χ0n) is 14.1. The van der Waals surface area contributed by atoms with Crippen LogP contribution in [0.15, 0.2) is 52.7 Å². The molecule has 1 aliphatic heterocycles. The number of thioether (sulfide) groups is 1. The van der Waals surface area contributed by atoms with Crippen LogP contribution in [0.25, 0.3) is 11.3 Å². The third-order valence-corrected chi connectivity index (χ3v) is 5.87. The van der Waals surface area contributed by atoms with Crippen molar-refractivity contribution in [2.24, 2.45) is 0 Å². The Balaban J connectivity index is 1.35.